The van der Waals surface area contributed by atoms with Gasteiger partial charge in [-0.1, -0.05) is 0 Å². The van der Waals surface area contributed by atoms with Gasteiger partial charge in [0, 0.05) is 12.6 Å². The van der Waals surface area contributed by atoms with E-state index in [1.54, 1.807) is 7.05 Å². The van der Waals surface area contributed by atoms with E-state index in [9.17, 15) is 4.39 Å². The summed E-state index contributed by atoms with van der Waals surface area (Å²) in [6.45, 7) is -0.207. The lowest BCUT2D eigenvalue weighted by Gasteiger charge is -2.03. The number of nitrogens with one attached hydrogen (secondary N) is 1. The maximum absolute atomic E-state index is 12.5. The number of rotatable bonds is 2. The van der Waals surface area contributed by atoms with Gasteiger partial charge in [-0.15, -0.1) is 0 Å². The maximum atomic E-state index is 12.5. The lowest BCUT2D eigenvalue weighted by molar-refractivity contribution is 0.281. The van der Waals surface area contributed by atoms with E-state index in [1.807, 2.05) is 0 Å². The van der Waals surface area contributed by atoms with Crippen molar-refractivity contribution < 1.29 is 9.50 Å². The summed E-state index contributed by atoms with van der Waals surface area (Å²) >= 11 is 0. The van der Waals surface area contributed by atoms with Crippen molar-refractivity contribution in [1.82, 2.24) is 4.98 Å². The summed E-state index contributed by atoms with van der Waals surface area (Å²) in [5.41, 5.74) is 0.465. The van der Waals surface area contributed by atoms with Gasteiger partial charge in [0.05, 0.1) is 12.8 Å². The molecule has 60 valence electrons. The molecular formula is C7H9FN2O. The number of nitrogens with zero attached hydrogens (tertiary/aromatic N) is 1. The number of anilines is 1. The van der Waals surface area contributed by atoms with Crippen LogP contribution in [0.3, 0.4) is 0 Å². The number of hydrogen-bond acceptors (Lipinski definition) is 3. The van der Waals surface area contributed by atoms with Crippen LogP contribution >= 0.6 is 0 Å². The summed E-state index contributed by atoms with van der Waals surface area (Å²) in [5, 5.41) is 11.5. The van der Waals surface area contributed by atoms with E-state index >= 15 is 0 Å². The first-order chi connectivity index (χ1) is 5.27. The molecule has 0 amide bonds. The van der Waals surface area contributed by atoms with Crippen LogP contribution in [0.4, 0.5) is 10.2 Å². The van der Waals surface area contributed by atoms with Crippen LogP contribution in [-0.2, 0) is 6.61 Å². The molecule has 11 heavy (non-hydrogen) atoms. The minimum absolute atomic E-state index is 0.207. The highest BCUT2D eigenvalue weighted by Crippen LogP contribution is 2.11. The second kappa shape index (κ2) is 3.30. The Kier molecular flexibility index (Phi) is 2.38. The van der Waals surface area contributed by atoms with E-state index in [-0.39, 0.29) is 6.61 Å². The first kappa shape index (κ1) is 7.94. The predicted octanol–water partition coefficient (Wildman–Crippen LogP) is 0.755. The summed E-state index contributed by atoms with van der Waals surface area (Å²) in [6.07, 6.45) is 1.10. The molecule has 0 aromatic carbocycles. The van der Waals surface area contributed by atoms with Gasteiger partial charge in [0.15, 0.2) is 0 Å². The maximum Gasteiger partial charge on any atom is 0.142 e. The van der Waals surface area contributed by atoms with Gasteiger partial charge in [-0.05, 0) is 6.07 Å². The summed E-state index contributed by atoms with van der Waals surface area (Å²) in [4.78, 5) is 3.72. The van der Waals surface area contributed by atoms with Crippen molar-refractivity contribution in [1.29, 1.82) is 0 Å². The van der Waals surface area contributed by atoms with Crippen molar-refractivity contribution in [2.24, 2.45) is 0 Å². The summed E-state index contributed by atoms with van der Waals surface area (Å²) in [7, 11) is 1.67. The third-order valence-corrected chi connectivity index (χ3v) is 1.34. The van der Waals surface area contributed by atoms with Crippen LogP contribution < -0.4 is 5.32 Å². The molecule has 1 aromatic rings. The second-order valence-corrected chi connectivity index (χ2v) is 2.07. The van der Waals surface area contributed by atoms with Gasteiger partial charge in [0.25, 0.3) is 0 Å². The second-order valence-electron chi connectivity index (χ2n) is 2.07. The van der Waals surface area contributed by atoms with E-state index < -0.39 is 5.82 Å². The van der Waals surface area contributed by atoms with Crippen LogP contribution in [0.15, 0.2) is 12.3 Å². The number of aromatic nitrogens is 1. The van der Waals surface area contributed by atoms with Crippen LogP contribution in [0.2, 0.25) is 0 Å². The number of aliphatic hydroxyl groups is 1. The molecule has 0 saturated heterocycles. The fourth-order valence-electron chi connectivity index (χ4n) is 0.827. The number of hydrogen-bond donors (Lipinski definition) is 2. The summed E-state index contributed by atoms with van der Waals surface area (Å²) in [6, 6.07) is 1.25. The monoisotopic (exact) mass is 156 g/mol. The molecule has 0 radical (unpaired) electrons. The van der Waals surface area contributed by atoms with Crippen molar-refractivity contribution in [2.45, 2.75) is 6.61 Å². The molecule has 0 spiro atoms. The van der Waals surface area contributed by atoms with Crippen molar-refractivity contribution in [2.75, 3.05) is 12.4 Å². The SMILES string of the molecule is CNc1ncc(F)cc1CO. The first-order valence-corrected chi connectivity index (χ1v) is 3.21. The Labute approximate surface area is 63.9 Å². The molecule has 1 heterocycles. The van der Waals surface area contributed by atoms with Crippen LogP contribution in [0.5, 0.6) is 0 Å². The highest BCUT2D eigenvalue weighted by atomic mass is 19.1. The van der Waals surface area contributed by atoms with Crippen molar-refractivity contribution >= 4 is 5.82 Å². The Hall–Kier alpha value is -1.16. The molecule has 0 unspecified atom stereocenters. The molecular weight excluding hydrogens is 147 g/mol. The molecule has 0 bridgehead atoms. The molecule has 0 saturated carbocycles. The third kappa shape index (κ3) is 1.65. The van der Waals surface area contributed by atoms with Crippen LogP contribution in [0, 0.1) is 5.82 Å². The Morgan fingerprint density at radius 2 is 2.45 bits per heavy atom. The fraction of sp³-hybridized carbons (Fsp3) is 0.286. The van der Waals surface area contributed by atoms with E-state index in [2.05, 4.69) is 10.3 Å². The van der Waals surface area contributed by atoms with Gasteiger partial charge in [-0.2, -0.15) is 0 Å². The van der Waals surface area contributed by atoms with Crippen molar-refractivity contribution in [3.8, 4) is 0 Å². The minimum atomic E-state index is -0.437. The molecule has 1 aromatic heterocycles. The fourth-order valence-corrected chi connectivity index (χ4v) is 0.827. The highest BCUT2D eigenvalue weighted by molar-refractivity contribution is 5.42. The molecule has 0 atom stereocenters. The minimum Gasteiger partial charge on any atom is -0.392 e. The Bertz CT molecular complexity index is 252. The summed E-state index contributed by atoms with van der Waals surface area (Å²) < 4.78 is 12.5. The summed E-state index contributed by atoms with van der Waals surface area (Å²) in [5.74, 6) is 0.0713. The molecule has 1 rings (SSSR count). The standard InChI is InChI=1S/C7H9FN2O/c1-9-7-5(4-11)2-6(8)3-10-7/h2-3,11H,4H2,1H3,(H,9,10). The quantitative estimate of drug-likeness (QED) is 0.664. The van der Waals surface area contributed by atoms with Gasteiger partial charge in [0.1, 0.15) is 11.6 Å². The van der Waals surface area contributed by atoms with E-state index in [4.69, 9.17) is 5.11 Å². The van der Waals surface area contributed by atoms with Crippen LogP contribution in [0.1, 0.15) is 5.56 Å². The van der Waals surface area contributed by atoms with Gasteiger partial charge in [0.2, 0.25) is 0 Å². The average Bonchev–Trinajstić information content (AvgIpc) is 2.04. The molecule has 0 aliphatic heterocycles. The average molecular weight is 156 g/mol. The predicted molar refractivity (Wildman–Crippen MR) is 39.7 cm³/mol. The van der Waals surface area contributed by atoms with Crippen molar-refractivity contribution in [3.63, 3.8) is 0 Å². The zero-order chi connectivity index (χ0) is 8.27. The molecule has 0 fully saturated rings. The molecule has 3 nitrogen and oxygen atoms in total. The number of pyridine rings is 1. The van der Waals surface area contributed by atoms with Crippen molar-refractivity contribution in [3.05, 3.63) is 23.6 Å². The van der Waals surface area contributed by atoms with E-state index in [0.29, 0.717) is 11.4 Å². The normalized spacial score (nSPS) is 9.73. The number of halogens is 1. The van der Waals surface area contributed by atoms with Gasteiger partial charge in [-0.3, -0.25) is 0 Å². The van der Waals surface area contributed by atoms with Gasteiger partial charge in [-0.25, -0.2) is 9.37 Å². The van der Waals surface area contributed by atoms with Crippen LogP contribution in [0.25, 0.3) is 0 Å². The zero-order valence-electron chi connectivity index (χ0n) is 6.13. The Balaban J connectivity index is 3.06. The smallest absolute Gasteiger partial charge is 0.142 e. The molecule has 0 aliphatic rings. The van der Waals surface area contributed by atoms with E-state index in [1.165, 1.54) is 6.07 Å². The lowest BCUT2D eigenvalue weighted by atomic mass is 10.2. The van der Waals surface area contributed by atoms with E-state index in [0.717, 1.165) is 6.20 Å². The first-order valence-electron chi connectivity index (χ1n) is 3.21. The third-order valence-electron chi connectivity index (χ3n) is 1.34. The van der Waals surface area contributed by atoms with Crippen LogP contribution in [-0.4, -0.2) is 17.1 Å². The van der Waals surface area contributed by atoms with Gasteiger partial charge >= 0.3 is 0 Å². The molecule has 2 N–H and O–H groups in total. The number of aliphatic hydroxyl groups excluding tert-OH is 1. The topological polar surface area (TPSA) is 45.2 Å². The Morgan fingerprint density at radius 3 is 3.00 bits per heavy atom. The molecule has 4 heteroatoms. The molecule has 0 aliphatic carbocycles. The lowest BCUT2D eigenvalue weighted by Crippen LogP contribution is -1.99. The van der Waals surface area contributed by atoms with Gasteiger partial charge < -0.3 is 10.4 Å². The largest absolute Gasteiger partial charge is 0.392 e. The highest BCUT2D eigenvalue weighted by Gasteiger charge is 2.01. The Morgan fingerprint density at radius 1 is 1.73 bits per heavy atom. The zero-order valence-corrected chi connectivity index (χ0v) is 6.13.